The Morgan fingerprint density at radius 2 is 2.39 bits per heavy atom. The van der Waals surface area contributed by atoms with Gasteiger partial charge in [0.1, 0.15) is 0 Å². The second kappa shape index (κ2) is 4.74. The highest BCUT2D eigenvalue weighted by Gasteiger charge is 2.34. The van der Waals surface area contributed by atoms with Gasteiger partial charge in [0.05, 0.1) is 4.92 Å². The third-order valence-corrected chi connectivity index (χ3v) is 3.06. The van der Waals surface area contributed by atoms with Crippen molar-refractivity contribution in [2.24, 2.45) is 5.92 Å². The quantitative estimate of drug-likeness (QED) is 0.473. The van der Waals surface area contributed by atoms with E-state index in [9.17, 15) is 14.9 Å². The summed E-state index contributed by atoms with van der Waals surface area (Å²) < 4.78 is 0.484. The number of nitrogens with zero attached hydrogens (tertiary/aromatic N) is 3. The minimum atomic E-state index is -0.566. The Labute approximate surface area is 111 Å². The van der Waals surface area contributed by atoms with Crippen molar-refractivity contribution in [2.75, 3.05) is 11.4 Å². The smallest absolute Gasteiger partial charge is 0.290 e. The molecule has 1 aromatic heterocycles. The number of hydrogen-bond acceptors (Lipinski definition) is 4. The van der Waals surface area contributed by atoms with Crippen molar-refractivity contribution in [1.29, 1.82) is 0 Å². The Bertz CT molecular complexity index is 567. The van der Waals surface area contributed by atoms with Gasteiger partial charge in [0.15, 0.2) is 0 Å². The van der Waals surface area contributed by atoms with E-state index in [1.807, 2.05) is 0 Å². The van der Waals surface area contributed by atoms with Gasteiger partial charge in [-0.1, -0.05) is 0 Å². The molecule has 0 saturated carbocycles. The molecular formula is C11H8BrN3O3. The molecule has 1 fully saturated rings. The molecule has 7 heteroatoms. The molecule has 92 valence electrons. The molecule has 1 atom stereocenters. The van der Waals surface area contributed by atoms with E-state index in [1.54, 1.807) is 0 Å². The molecular weight excluding hydrogens is 302 g/mol. The SMILES string of the molecule is C#CC1CC(=O)N(c2ncc(Br)cc2[N+](=O)[O-])C1. The first kappa shape index (κ1) is 12.5. The van der Waals surface area contributed by atoms with Crippen LogP contribution >= 0.6 is 15.9 Å². The number of nitro groups is 1. The van der Waals surface area contributed by atoms with Crippen LogP contribution in [0.2, 0.25) is 0 Å². The maximum Gasteiger partial charge on any atom is 0.313 e. The van der Waals surface area contributed by atoms with Crippen LogP contribution in [0, 0.1) is 28.4 Å². The fourth-order valence-corrected chi connectivity index (χ4v) is 2.11. The van der Waals surface area contributed by atoms with Crippen LogP contribution in [0.15, 0.2) is 16.7 Å². The van der Waals surface area contributed by atoms with Gasteiger partial charge in [0.25, 0.3) is 0 Å². The lowest BCUT2D eigenvalue weighted by atomic mass is 10.1. The number of anilines is 1. The van der Waals surface area contributed by atoms with Crippen molar-refractivity contribution >= 4 is 33.3 Å². The zero-order valence-electron chi connectivity index (χ0n) is 9.17. The number of terminal acetylenes is 1. The number of rotatable bonds is 2. The zero-order chi connectivity index (χ0) is 13.3. The number of aromatic nitrogens is 1. The number of pyridine rings is 1. The molecule has 1 unspecified atom stereocenters. The van der Waals surface area contributed by atoms with Crippen LogP contribution in [-0.2, 0) is 4.79 Å². The standard InChI is InChI=1S/C11H8BrN3O3/c1-2-7-3-10(16)14(6-7)11-9(15(17)18)4-8(12)5-13-11/h1,4-5,7H,3,6H2. The van der Waals surface area contributed by atoms with Crippen molar-refractivity contribution in [3.05, 3.63) is 26.9 Å². The third kappa shape index (κ3) is 2.19. The van der Waals surface area contributed by atoms with Crippen LogP contribution < -0.4 is 4.90 Å². The van der Waals surface area contributed by atoms with Crippen LogP contribution in [0.25, 0.3) is 0 Å². The van der Waals surface area contributed by atoms with Crippen LogP contribution in [-0.4, -0.2) is 22.4 Å². The molecule has 0 spiro atoms. The van der Waals surface area contributed by atoms with Gasteiger partial charge < -0.3 is 0 Å². The maximum atomic E-state index is 11.8. The fourth-order valence-electron chi connectivity index (χ4n) is 1.79. The minimum Gasteiger partial charge on any atom is -0.290 e. The van der Waals surface area contributed by atoms with Crippen molar-refractivity contribution in [2.45, 2.75) is 6.42 Å². The summed E-state index contributed by atoms with van der Waals surface area (Å²) in [5, 5.41) is 11.0. The van der Waals surface area contributed by atoms with Gasteiger partial charge in [-0.25, -0.2) is 4.98 Å². The molecule has 0 N–H and O–H groups in total. The van der Waals surface area contributed by atoms with Gasteiger partial charge in [-0.05, 0) is 15.9 Å². The molecule has 18 heavy (non-hydrogen) atoms. The van der Waals surface area contributed by atoms with Crippen molar-refractivity contribution in [3.8, 4) is 12.3 Å². The third-order valence-electron chi connectivity index (χ3n) is 2.63. The van der Waals surface area contributed by atoms with Crippen LogP contribution in [0.3, 0.4) is 0 Å². The molecule has 1 saturated heterocycles. The summed E-state index contributed by atoms with van der Waals surface area (Å²) in [4.78, 5) is 27.4. The number of carbonyl (C=O) groups excluding carboxylic acids is 1. The second-order valence-corrected chi connectivity index (χ2v) is 4.74. The van der Waals surface area contributed by atoms with Gasteiger partial charge in [0, 0.05) is 35.6 Å². The van der Waals surface area contributed by atoms with E-state index in [2.05, 4.69) is 26.8 Å². The number of amides is 1. The van der Waals surface area contributed by atoms with E-state index in [1.165, 1.54) is 17.2 Å². The number of halogens is 1. The molecule has 0 radical (unpaired) electrons. The van der Waals surface area contributed by atoms with Gasteiger partial charge in [-0.2, -0.15) is 0 Å². The summed E-state index contributed by atoms with van der Waals surface area (Å²) in [5.74, 6) is 2.07. The highest BCUT2D eigenvalue weighted by atomic mass is 79.9. The summed E-state index contributed by atoms with van der Waals surface area (Å²) >= 11 is 3.11. The largest absolute Gasteiger partial charge is 0.313 e. The monoisotopic (exact) mass is 309 g/mol. The lowest BCUT2D eigenvalue weighted by Gasteiger charge is -2.14. The second-order valence-electron chi connectivity index (χ2n) is 3.83. The summed E-state index contributed by atoms with van der Waals surface area (Å²) in [6, 6.07) is 1.32. The van der Waals surface area contributed by atoms with E-state index in [4.69, 9.17) is 6.42 Å². The average molecular weight is 310 g/mol. The Balaban J connectivity index is 2.43. The normalized spacial score (nSPS) is 18.8. The van der Waals surface area contributed by atoms with E-state index in [0.717, 1.165) is 0 Å². The van der Waals surface area contributed by atoms with Crippen molar-refractivity contribution in [1.82, 2.24) is 4.98 Å². The van der Waals surface area contributed by atoms with Crippen LogP contribution in [0.4, 0.5) is 11.5 Å². The Kier molecular flexibility index (Phi) is 3.30. The zero-order valence-corrected chi connectivity index (χ0v) is 10.8. The van der Waals surface area contributed by atoms with E-state index >= 15 is 0 Å². The van der Waals surface area contributed by atoms with E-state index in [-0.39, 0.29) is 36.3 Å². The highest BCUT2D eigenvalue weighted by molar-refractivity contribution is 9.10. The number of hydrogen-bond donors (Lipinski definition) is 0. The highest BCUT2D eigenvalue weighted by Crippen LogP contribution is 2.32. The first-order chi connectivity index (χ1) is 8.52. The van der Waals surface area contributed by atoms with Gasteiger partial charge in [-0.3, -0.25) is 19.8 Å². The maximum absolute atomic E-state index is 11.8. The molecule has 2 heterocycles. The lowest BCUT2D eigenvalue weighted by Crippen LogP contribution is -2.26. The lowest BCUT2D eigenvalue weighted by molar-refractivity contribution is -0.384. The molecule has 0 bridgehead atoms. The summed E-state index contributed by atoms with van der Waals surface area (Å²) in [6.07, 6.45) is 6.88. The molecule has 6 nitrogen and oxygen atoms in total. The predicted octanol–water partition coefficient (Wildman–Crippen LogP) is 1.74. The topological polar surface area (TPSA) is 76.3 Å². The molecule has 1 amide bonds. The first-order valence-electron chi connectivity index (χ1n) is 5.09. The number of carbonyl (C=O) groups is 1. The van der Waals surface area contributed by atoms with Crippen LogP contribution in [0.5, 0.6) is 0 Å². The molecule has 0 aliphatic carbocycles. The van der Waals surface area contributed by atoms with Gasteiger partial charge in [0.2, 0.25) is 11.7 Å². The van der Waals surface area contributed by atoms with E-state index in [0.29, 0.717) is 4.47 Å². The molecule has 1 aliphatic rings. The van der Waals surface area contributed by atoms with E-state index < -0.39 is 4.92 Å². The molecule has 2 rings (SSSR count). The summed E-state index contributed by atoms with van der Waals surface area (Å²) in [7, 11) is 0. The van der Waals surface area contributed by atoms with Crippen molar-refractivity contribution < 1.29 is 9.72 Å². The Hall–Kier alpha value is -1.94. The van der Waals surface area contributed by atoms with Gasteiger partial charge >= 0.3 is 5.69 Å². The minimum absolute atomic E-state index is 0.0472. The molecule has 0 aromatic carbocycles. The predicted molar refractivity (Wildman–Crippen MR) is 67.9 cm³/mol. The van der Waals surface area contributed by atoms with Crippen molar-refractivity contribution in [3.63, 3.8) is 0 Å². The Morgan fingerprint density at radius 1 is 1.67 bits per heavy atom. The summed E-state index contributed by atoms with van der Waals surface area (Å²) in [6.45, 7) is 0.269. The average Bonchev–Trinajstić information content (AvgIpc) is 2.70. The molecule has 1 aromatic rings. The summed E-state index contributed by atoms with van der Waals surface area (Å²) in [5.41, 5.74) is -0.213. The first-order valence-corrected chi connectivity index (χ1v) is 5.88. The Morgan fingerprint density at radius 3 is 2.94 bits per heavy atom. The van der Waals surface area contributed by atoms with Crippen LogP contribution in [0.1, 0.15) is 6.42 Å². The fraction of sp³-hybridized carbons (Fsp3) is 0.273. The van der Waals surface area contributed by atoms with Gasteiger partial charge in [-0.15, -0.1) is 12.3 Å². The molecule has 1 aliphatic heterocycles.